The molecule has 2 aliphatic rings. The first-order valence-electron chi connectivity index (χ1n) is 19.6. The van der Waals surface area contributed by atoms with Gasteiger partial charge in [-0.2, -0.15) is 0 Å². The molecule has 0 N–H and O–H groups in total. The molecule has 270 valence electrons. The van der Waals surface area contributed by atoms with E-state index in [1.54, 1.807) is 0 Å². The van der Waals surface area contributed by atoms with Gasteiger partial charge in [0.05, 0.1) is 0 Å². The van der Waals surface area contributed by atoms with Crippen LogP contribution < -0.4 is 9.80 Å². The Hall–Kier alpha value is -5.34. The van der Waals surface area contributed by atoms with Crippen LogP contribution >= 0.6 is 0 Å². The molecule has 7 aromatic carbocycles. The van der Waals surface area contributed by atoms with Crippen molar-refractivity contribution in [3.63, 3.8) is 0 Å². The Morgan fingerprint density at radius 1 is 0.370 bits per heavy atom. The van der Waals surface area contributed by atoms with Crippen LogP contribution in [0.3, 0.4) is 0 Å². The number of hydrogen-bond donors (Lipinski definition) is 0. The van der Waals surface area contributed by atoms with E-state index in [9.17, 15) is 0 Å². The van der Waals surface area contributed by atoms with Crippen LogP contribution in [0.2, 0.25) is 0 Å². The Kier molecular flexibility index (Phi) is 7.38. The van der Waals surface area contributed by atoms with Crippen molar-refractivity contribution in [2.75, 3.05) is 9.80 Å². The van der Waals surface area contributed by atoms with Crippen LogP contribution in [0.1, 0.15) is 77.6 Å². The maximum absolute atomic E-state index is 2.60. The summed E-state index contributed by atoms with van der Waals surface area (Å²) in [6.45, 7) is 23.7. The number of benzene rings is 7. The van der Waals surface area contributed by atoms with Crippen LogP contribution in [-0.4, -0.2) is 11.1 Å². The standard InChI is InChI=1S/C52H52N2/c1-33-19-11-13-21-37(33)47-39-29-27-36(54-46-26-18-16-24-44(46)50(5,6)52(54,9)10)32-42(39)48(38-22-14-12-20-34(38)2)40-30-28-35(31-41(40)47)53-45-25-17-15-23-43(45)49(3,4)51(53,7)8/h11-32H,1-10H3. The van der Waals surface area contributed by atoms with Crippen LogP contribution in [-0.2, 0) is 10.8 Å². The summed E-state index contributed by atoms with van der Waals surface area (Å²) in [4.78, 5) is 5.19. The minimum atomic E-state index is -0.148. The SMILES string of the molecule is Cc1ccccc1-c1c2ccc(N3c4ccccc4C(C)(C)C3(C)C)cc2c(-c2ccccc2C)c2ccc(N3c4ccccc4C(C)(C)C3(C)C)cc12. The molecule has 2 heteroatoms. The van der Waals surface area contributed by atoms with Gasteiger partial charge in [-0.1, -0.05) is 125 Å². The van der Waals surface area contributed by atoms with Gasteiger partial charge in [0.2, 0.25) is 0 Å². The van der Waals surface area contributed by atoms with Crippen molar-refractivity contribution >= 4 is 44.3 Å². The molecule has 54 heavy (non-hydrogen) atoms. The van der Waals surface area contributed by atoms with Gasteiger partial charge in [0.25, 0.3) is 0 Å². The average Bonchev–Trinajstić information content (AvgIpc) is 3.41. The quantitative estimate of drug-likeness (QED) is 0.168. The second-order valence-corrected chi connectivity index (χ2v) is 17.9. The Morgan fingerprint density at radius 3 is 1.11 bits per heavy atom. The van der Waals surface area contributed by atoms with Crippen molar-refractivity contribution in [3.05, 3.63) is 156 Å². The third kappa shape index (κ3) is 4.52. The normalized spacial score (nSPS) is 17.6. The number of aryl methyl sites for hydroxylation is 2. The molecule has 2 aliphatic heterocycles. The van der Waals surface area contributed by atoms with Gasteiger partial charge >= 0.3 is 0 Å². The van der Waals surface area contributed by atoms with E-state index in [2.05, 4.69) is 212 Å². The fourth-order valence-corrected chi connectivity index (χ4v) is 9.91. The van der Waals surface area contributed by atoms with Gasteiger partial charge in [0.15, 0.2) is 0 Å². The van der Waals surface area contributed by atoms with Crippen LogP contribution in [0.25, 0.3) is 43.8 Å². The molecule has 7 aromatic rings. The maximum atomic E-state index is 2.60. The molecule has 0 bridgehead atoms. The van der Waals surface area contributed by atoms with E-state index in [-0.39, 0.29) is 21.9 Å². The van der Waals surface area contributed by atoms with E-state index in [4.69, 9.17) is 0 Å². The molecule has 2 nitrogen and oxygen atoms in total. The number of anilines is 4. The first-order chi connectivity index (χ1) is 25.7. The smallest absolute Gasteiger partial charge is 0.0487 e. The van der Waals surface area contributed by atoms with Crippen molar-refractivity contribution in [3.8, 4) is 22.3 Å². The predicted molar refractivity (Wildman–Crippen MR) is 233 cm³/mol. The molecule has 2 heterocycles. The first kappa shape index (κ1) is 34.4. The van der Waals surface area contributed by atoms with Gasteiger partial charge in [0.1, 0.15) is 0 Å². The molecule has 9 rings (SSSR count). The van der Waals surface area contributed by atoms with Crippen LogP contribution in [0.15, 0.2) is 133 Å². The molecule has 0 atom stereocenters. The van der Waals surface area contributed by atoms with E-state index in [1.807, 2.05) is 0 Å². The van der Waals surface area contributed by atoms with Crippen molar-refractivity contribution < 1.29 is 0 Å². The lowest BCUT2D eigenvalue weighted by atomic mass is 9.72. The Labute approximate surface area is 322 Å². The highest BCUT2D eigenvalue weighted by Crippen LogP contribution is 2.57. The molecule has 0 unspecified atom stereocenters. The lowest BCUT2D eigenvalue weighted by molar-refractivity contribution is 0.330. The summed E-state index contributed by atoms with van der Waals surface area (Å²) in [5, 5.41) is 5.13. The Bertz CT molecular complexity index is 2470. The summed E-state index contributed by atoms with van der Waals surface area (Å²) in [5.41, 5.74) is 15.2. The van der Waals surface area contributed by atoms with Gasteiger partial charge in [-0.25, -0.2) is 0 Å². The number of hydrogen-bond acceptors (Lipinski definition) is 2. The van der Waals surface area contributed by atoms with E-state index in [1.165, 1.54) is 88.8 Å². The molecule has 0 aromatic heterocycles. The van der Waals surface area contributed by atoms with Crippen LogP contribution in [0.4, 0.5) is 22.7 Å². The van der Waals surface area contributed by atoms with Gasteiger partial charge in [0, 0.05) is 44.7 Å². The van der Waals surface area contributed by atoms with Crippen molar-refractivity contribution in [1.82, 2.24) is 0 Å². The van der Waals surface area contributed by atoms with E-state index in [0.29, 0.717) is 0 Å². The Morgan fingerprint density at radius 2 is 0.722 bits per heavy atom. The number of para-hydroxylation sites is 2. The zero-order chi connectivity index (χ0) is 37.9. The van der Waals surface area contributed by atoms with Gasteiger partial charge in [-0.15, -0.1) is 0 Å². The van der Waals surface area contributed by atoms with Gasteiger partial charge in [-0.05, 0) is 144 Å². The fourth-order valence-electron chi connectivity index (χ4n) is 9.91. The average molecular weight is 705 g/mol. The maximum Gasteiger partial charge on any atom is 0.0487 e. The molecule has 0 saturated heterocycles. The summed E-state index contributed by atoms with van der Waals surface area (Å²) in [5.74, 6) is 0. The highest BCUT2D eigenvalue weighted by Gasteiger charge is 2.52. The summed E-state index contributed by atoms with van der Waals surface area (Å²) in [7, 11) is 0. The summed E-state index contributed by atoms with van der Waals surface area (Å²) >= 11 is 0. The lowest BCUT2D eigenvalue weighted by Crippen LogP contribution is -2.48. The molecule has 0 radical (unpaired) electrons. The third-order valence-corrected chi connectivity index (χ3v) is 14.2. The van der Waals surface area contributed by atoms with Gasteiger partial charge in [-0.3, -0.25) is 0 Å². The fraction of sp³-hybridized carbons (Fsp3) is 0.269. The number of fused-ring (bicyclic) bond motifs is 4. The largest absolute Gasteiger partial charge is 0.335 e. The molecule has 0 amide bonds. The zero-order valence-corrected chi connectivity index (χ0v) is 33.6. The summed E-state index contributed by atoms with van der Waals surface area (Å²) in [6.07, 6.45) is 0. The first-order valence-corrected chi connectivity index (χ1v) is 19.6. The molecule has 0 fully saturated rings. The molecular weight excluding hydrogens is 653 g/mol. The minimum absolute atomic E-state index is 0.0416. The second kappa shape index (κ2) is 11.6. The number of rotatable bonds is 4. The monoisotopic (exact) mass is 704 g/mol. The van der Waals surface area contributed by atoms with Gasteiger partial charge < -0.3 is 9.80 Å². The minimum Gasteiger partial charge on any atom is -0.335 e. The van der Waals surface area contributed by atoms with Crippen molar-refractivity contribution in [1.29, 1.82) is 0 Å². The molecular formula is C52H52N2. The highest BCUT2D eigenvalue weighted by atomic mass is 15.2. The molecule has 0 aliphatic carbocycles. The van der Waals surface area contributed by atoms with E-state index >= 15 is 0 Å². The summed E-state index contributed by atoms with van der Waals surface area (Å²) < 4.78 is 0. The van der Waals surface area contributed by atoms with Crippen molar-refractivity contribution in [2.24, 2.45) is 0 Å². The van der Waals surface area contributed by atoms with E-state index in [0.717, 1.165) is 0 Å². The van der Waals surface area contributed by atoms with Crippen molar-refractivity contribution in [2.45, 2.75) is 91.1 Å². The second-order valence-electron chi connectivity index (χ2n) is 17.9. The third-order valence-electron chi connectivity index (χ3n) is 14.2. The highest BCUT2D eigenvalue weighted by molar-refractivity contribution is 6.23. The van der Waals surface area contributed by atoms with Crippen LogP contribution in [0, 0.1) is 13.8 Å². The molecule has 0 saturated carbocycles. The zero-order valence-electron chi connectivity index (χ0n) is 33.6. The molecule has 0 spiro atoms. The Balaban J connectivity index is 1.40. The van der Waals surface area contributed by atoms with Crippen LogP contribution in [0.5, 0.6) is 0 Å². The van der Waals surface area contributed by atoms with E-state index < -0.39 is 0 Å². The predicted octanol–water partition coefficient (Wildman–Crippen LogP) is 14.4. The summed E-state index contributed by atoms with van der Waals surface area (Å²) in [6, 6.07) is 50.4. The number of nitrogens with zero attached hydrogens (tertiary/aromatic N) is 2. The lowest BCUT2D eigenvalue weighted by Gasteiger charge is -2.43. The topological polar surface area (TPSA) is 6.48 Å².